The Morgan fingerprint density at radius 2 is 2.22 bits per heavy atom. The summed E-state index contributed by atoms with van der Waals surface area (Å²) in [5, 5.41) is 8.72. The fourth-order valence-corrected chi connectivity index (χ4v) is 3.44. The maximum atomic E-state index is 5.75. The van der Waals surface area contributed by atoms with Gasteiger partial charge in [-0.1, -0.05) is 23.9 Å². The molecule has 1 aliphatic heterocycles. The number of para-hydroxylation sites is 2. The van der Waals surface area contributed by atoms with E-state index in [-0.39, 0.29) is 0 Å². The molecule has 1 aromatic carbocycles. The summed E-state index contributed by atoms with van der Waals surface area (Å²) in [7, 11) is 0. The van der Waals surface area contributed by atoms with Gasteiger partial charge in [0, 0.05) is 12.1 Å². The van der Waals surface area contributed by atoms with Crippen LogP contribution in [0, 0.1) is 0 Å². The van der Waals surface area contributed by atoms with E-state index in [1.807, 2.05) is 30.5 Å². The van der Waals surface area contributed by atoms with Gasteiger partial charge in [-0.15, -0.1) is 0 Å². The lowest BCUT2D eigenvalue weighted by atomic mass is 10.3. The van der Waals surface area contributed by atoms with E-state index in [0.717, 1.165) is 34.5 Å². The summed E-state index contributed by atoms with van der Waals surface area (Å²) >= 11 is 1.62. The van der Waals surface area contributed by atoms with Crippen LogP contribution in [0.4, 0.5) is 5.82 Å². The quantitative estimate of drug-likeness (QED) is 0.799. The number of benzene rings is 1. The number of fused-ring (bicyclic) bond motifs is 2. The normalized spacial score (nSPS) is 17.0. The van der Waals surface area contributed by atoms with E-state index in [9.17, 15) is 0 Å². The van der Waals surface area contributed by atoms with E-state index in [4.69, 9.17) is 9.41 Å². The number of aromatic nitrogens is 3. The number of nitrogens with zero attached hydrogens (tertiary/aromatic N) is 4. The lowest BCUT2D eigenvalue weighted by Gasteiger charge is -2.14. The fraction of sp³-hybridized carbons (Fsp3) is 0.312. The molecular formula is C16H15N5OS. The second kappa shape index (κ2) is 5.13. The summed E-state index contributed by atoms with van der Waals surface area (Å²) in [4.78, 5) is 9.23. The number of nitrogens with one attached hydrogen (secondary N) is 1. The van der Waals surface area contributed by atoms with Crippen molar-refractivity contribution < 1.29 is 4.42 Å². The Hall–Kier alpha value is -2.28. The van der Waals surface area contributed by atoms with Crippen molar-refractivity contribution in [2.24, 2.45) is 4.99 Å². The first-order valence-electron chi connectivity index (χ1n) is 7.73. The molecule has 1 N–H and O–H groups in total. The number of oxazole rings is 1. The van der Waals surface area contributed by atoms with Gasteiger partial charge in [-0.25, -0.2) is 14.7 Å². The smallest absolute Gasteiger partial charge is 0.205 e. The van der Waals surface area contributed by atoms with Gasteiger partial charge in [0.15, 0.2) is 16.6 Å². The molecule has 23 heavy (non-hydrogen) atoms. The van der Waals surface area contributed by atoms with Crippen LogP contribution in [0.5, 0.6) is 0 Å². The minimum absolute atomic E-state index is 0.545. The third kappa shape index (κ3) is 2.41. The first-order chi connectivity index (χ1) is 11.4. The van der Waals surface area contributed by atoms with Crippen molar-refractivity contribution in [3.63, 3.8) is 0 Å². The summed E-state index contributed by atoms with van der Waals surface area (Å²) in [6, 6.07) is 8.37. The number of rotatable bonds is 3. The molecule has 3 heterocycles. The van der Waals surface area contributed by atoms with Crippen LogP contribution in [0.1, 0.15) is 30.3 Å². The third-order valence-electron chi connectivity index (χ3n) is 4.04. The van der Waals surface area contributed by atoms with E-state index >= 15 is 0 Å². The molecular weight excluding hydrogens is 310 g/mol. The van der Waals surface area contributed by atoms with Gasteiger partial charge < -0.3 is 9.73 Å². The highest BCUT2D eigenvalue weighted by Gasteiger charge is 2.29. The second-order valence-corrected chi connectivity index (χ2v) is 6.77. The van der Waals surface area contributed by atoms with Crippen LogP contribution in [-0.4, -0.2) is 19.9 Å². The third-order valence-corrected chi connectivity index (χ3v) is 4.94. The Balaban J connectivity index is 1.36. The first-order valence-corrected chi connectivity index (χ1v) is 8.71. The van der Waals surface area contributed by atoms with E-state index < -0.39 is 0 Å². The average Bonchev–Trinajstić information content (AvgIpc) is 3.20. The molecule has 1 aliphatic carbocycles. The average molecular weight is 325 g/mol. The van der Waals surface area contributed by atoms with Crippen LogP contribution >= 0.6 is 11.8 Å². The van der Waals surface area contributed by atoms with Crippen molar-refractivity contribution in [3.05, 3.63) is 41.9 Å². The zero-order valence-electron chi connectivity index (χ0n) is 12.4. The summed E-state index contributed by atoms with van der Waals surface area (Å²) in [5.74, 6) is 2.39. The topological polar surface area (TPSA) is 68.2 Å². The van der Waals surface area contributed by atoms with Crippen LogP contribution in [0.15, 0.2) is 39.9 Å². The Labute approximate surface area is 137 Å². The van der Waals surface area contributed by atoms with E-state index in [1.54, 1.807) is 11.8 Å². The molecule has 1 fully saturated rings. The van der Waals surface area contributed by atoms with Gasteiger partial charge in [-0.05, 0) is 25.0 Å². The minimum atomic E-state index is 0.545. The predicted octanol–water partition coefficient (Wildman–Crippen LogP) is 3.38. The van der Waals surface area contributed by atoms with Crippen molar-refractivity contribution in [1.29, 1.82) is 0 Å². The zero-order valence-corrected chi connectivity index (χ0v) is 13.2. The zero-order chi connectivity index (χ0) is 15.2. The maximum Gasteiger partial charge on any atom is 0.205 e. The van der Waals surface area contributed by atoms with Gasteiger partial charge in [0.1, 0.15) is 5.52 Å². The van der Waals surface area contributed by atoms with Gasteiger partial charge in [-0.2, -0.15) is 5.10 Å². The SMILES string of the molecule is c1ccc2oc(CSC3=Nc4c(cnn4C4CC4)CN3)nc2c1. The predicted molar refractivity (Wildman–Crippen MR) is 89.7 cm³/mol. The van der Waals surface area contributed by atoms with Crippen molar-refractivity contribution in [2.75, 3.05) is 0 Å². The lowest BCUT2D eigenvalue weighted by molar-refractivity contribution is 0.556. The fourth-order valence-electron chi connectivity index (χ4n) is 2.73. The maximum absolute atomic E-state index is 5.75. The lowest BCUT2D eigenvalue weighted by Crippen LogP contribution is -2.23. The number of thioether (sulfide) groups is 1. The van der Waals surface area contributed by atoms with Crippen LogP contribution in [-0.2, 0) is 12.3 Å². The highest BCUT2D eigenvalue weighted by Crippen LogP contribution is 2.39. The summed E-state index contributed by atoms with van der Waals surface area (Å²) < 4.78 is 7.82. The highest BCUT2D eigenvalue weighted by atomic mass is 32.2. The van der Waals surface area contributed by atoms with Crippen LogP contribution in [0.3, 0.4) is 0 Å². The van der Waals surface area contributed by atoms with Gasteiger partial charge in [-0.3, -0.25) is 0 Å². The van der Waals surface area contributed by atoms with Crippen LogP contribution in [0.25, 0.3) is 11.1 Å². The van der Waals surface area contributed by atoms with Gasteiger partial charge in [0.2, 0.25) is 5.89 Å². The molecule has 0 saturated heterocycles. The van der Waals surface area contributed by atoms with Gasteiger partial charge in [0.25, 0.3) is 0 Å². The Kier molecular flexibility index (Phi) is 2.94. The van der Waals surface area contributed by atoms with E-state index in [0.29, 0.717) is 11.8 Å². The number of aliphatic imine (C=N–C) groups is 1. The molecule has 1 saturated carbocycles. The molecule has 2 aromatic heterocycles. The number of hydrogen-bond donors (Lipinski definition) is 1. The van der Waals surface area contributed by atoms with Gasteiger partial charge in [0.05, 0.1) is 18.0 Å². The standard InChI is InChI=1S/C16H15N5OS/c1-2-4-13-12(3-1)19-14(22-13)9-23-16-17-7-10-8-18-21(11-5-6-11)15(10)20-16/h1-4,8,11H,5-7,9H2,(H,17,20). The Morgan fingerprint density at radius 1 is 1.30 bits per heavy atom. The molecule has 0 amide bonds. The monoisotopic (exact) mass is 325 g/mol. The largest absolute Gasteiger partial charge is 0.440 e. The van der Waals surface area contributed by atoms with Gasteiger partial charge >= 0.3 is 0 Å². The molecule has 0 atom stereocenters. The molecule has 6 nitrogen and oxygen atoms in total. The van der Waals surface area contributed by atoms with Crippen LogP contribution < -0.4 is 5.32 Å². The molecule has 0 spiro atoms. The van der Waals surface area contributed by atoms with Crippen LogP contribution in [0.2, 0.25) is 0 Å². The molecule has 5 rings (SSSR count). The van der Waals surface area contributed by atoms with E-state index in [1.165, 1.54) is 18.4 Å². The highest BCUT2D eigenvalue weighted by molar-refractivity contribution is 8.13. The summed E-state index contributed by atoms with van der Waals surface area (Å²) in [6.45, 7) is 0.779. The molecule has 0 unspecified atom stereocenters. The second-order valence-electron chi connectivity index (χ2n) is 5.80. The summed E-state index contributed by atoms with van der Waals surface area (Å²) in [6.07, 6.45) is 4.34. The molecule has 3 aromatic rings. The molecule has 2 aliphatic rings. The van der Waals surface area contributed by atoms with Crippen molar-refractivity contribution in [1.82, 2.24) is 20.1 Å². The first kappa shape index (κ1) is 13.2. The Bertz CT molecular complexity index is 875. The molecule has 7 heteroatoms. The van der Waals surface area contributed by atoms with Crippen molar-refractivity contribution >= 4 is 33.8 Å². The molecule has 116 valence electrons. The van der Waals surface area contributed by atoms with E-state index in [2.05, 4.69) is 20.1 Å². The number of amidine groups is 1. The number of hydrogen-bond acceptors (Lipinski definition) is 6. The van der Waals surface area contributed by atoms with Crippen molar-refractivity contribution in [3.8, 4) is 0 Å². The summed E-state index contributed by atoms with van der Waals surface area (Å²) in [5.41, 5.74) is 2.90. The Morgan fingerprint density at radius 3 is 3.09 bits per heavy atom. The minimum Gasteiger partial charge on any atom is -0.440 e. The molecule has 0 bridgehead atoms. The van der Waals surface area contributed by atoms with Crippen molar-refractivity contribution in [2.45, 2.75) is 31.2 Å². The molecule has 0 radical (unpaired) electrons.